The molecule has 0 atom stereocenters. The molecular weight excluding hydrogens is 288 g/mol. The van der Waals surface area contributed by atoms with E-state index < -0.39 is 27.2 Å². The minimum atomic E-state index is -5.78. The van der Waals surface area contributed by atoms with Gasteiger partial charge in [0.25, 0.3) is 0 Å². The molecule has 2 rings (SSSR count). The molecule has 0 bridgehead atoms. The molecule has 0 amide bonds. The zero-order valence-corrected chi connectivity index (χ0v) is 9.93. The van der Waals surface area contributed by atoms with Crippen molar-refractivity contribution in [2.24, 2.45) is 0 Å². The van der Waals surface area contributed by atoms with Crippen LogP contribution in [0.15, 0.2) is 36.4 Å². The molecule has 0 aromatic heterocycles. The number of hydrogen-bond donors (Lipinski definition) is 0. The molecule has 102 valence electrons. The highest BCUT2D eigenvalue weighted by molar-refractivity contribution is 7.88. The highest BCUT2D eigenvalue weighted by Crippen LogP contribution is 2.32. The fraction of sp³-hybridized carbons (Fsp3) is 0.0909. The van der Waals surface area contributed by atoms with E-state index in [4.69, 9.17) is 0 Å². The Labute approximate surface area is 105 Å². The van der Waals surface area contributed by atoms with Crippen LogP contribution in [-0.2, 0) is 10.1 Å². The Morgan fingerprint density at radius 3 is 2.16 bits per heavy atom. The van der Waals surface area contributed by atoms with Crippen LogP contribution < -0.4 is 4.18 Å². The van der Waals surface area contributed by atoms with Gasteiger partial charge in [0, 0.05) is 10.8 Å². The molecule has 0 saturated carbocycles. The first-order valence-electron chi connectivity index (χ1n) is 4.90. The predicted molar refractivity (Wildman–Crippen MR) is 59.5 cm³/mol. The van der Waals surface area contributed by atoms with Gasteiger partial charge in [0.2, 0.25) is 0 Å². The SMILES string of the molecule is O=S(=O)(Oc1cccc2c(F)cccc12)C(F)(F)F. The van der Waals surface area contributed by atoms with E-state index in [2.05, 4.69) is 4.18 Å². The van der Waals surface area contributed by atoms with Crippen LogP contribution in [0.3, 0.4) is 0 Å². The van der Waals surface area contributed by atoms with E-state index in [1.807, 2.05) is 0 Å². The third-order valence-electron chi connectivity index (χ3n) is 2.31. The van der Waals surface area contributed by atoms with Gasteiger partial charge >= 0.3 is 15.6 Å². The van der Waals surface area contributed by atoms with E-state index >= 15 is 0 Å². The molecule has 0 unspecified atom stereocenters. The number of alkyl halides is 3. The first-order valence-corrected chi connectivity index (χ1v) is 6.31. The summed E-state index contributed by atoms with van der Waals surface area (Å²) in [5.74, 6) is -1.26. The van der Waals surface area contributed by atoms with Gasteiger partial charge < -0.3 is 4.18 Å². The van der Waals surface area contributed by atoms with Crippen molar-refractivity contribution in [3.8, 4) is 5.75 Å². The van der Waals surface area contributed by atoms with Crippen LogP contribution in [0.25, 0.3) is 10.8 Å². The van der Waals surface area contributed by atoms with Crippen LogP contribution in [0.5, 0.6) is 5.75 Å². The minimum Gasteiger partial charge on any atom is -0.375 e. The maximum atomic E-state index is 13.4. The summed E-state index contributed by atoms with van der Waals surface area (Å²) in [6, 6.07) is 7.13. The Balaban J connectivity index is 2.57. The Morgan fingerprint density at radius 1 is 0.947 bits per heavy atom. The number of fused-ring (bicyclic) bond motifs is 1. The van der Waals surface area contributed by atoms with E-state index in [1.54, 1.807) is 0 Å². The fourth-order valence-electron chi connectivity index (χ4n) is 1.48. The Kier molecular flexibility index (Phi) is 3.13. The van der Waals surface area contributed by atoms with E-state index in [9.17, 15) is 26.0 Å². The van der Waals surface area contributed by atoms with Crippen molar-refractivity contribution in [1.82, 2.24) is 0 Å². The lowest BCUT2D eigenvalue weighted by Gasteiger charge is -2.11. The molecule has 2 aromatic rings. The molecule has 0 aliphatic rings. The second kappa shape index (κ2) is 4.37. The summed E-state index contributed by atoms with van der Waals surface area (Å²) in [6.45, 7) is 0. The first-order chi connectivity index (χ1) is 8.72. The third kappa shape index (κ3) is 2.48. The molecule has 0 saturated heterocycles. The van der Waals surface area contributed by atoms with Gasteiger partial charge in [-0.05, 0) is 12.1 Å². The van der Waals surface area contributed by atoms with Crippen LogP contribution in [0.4, 0.5) is 17.6 Å². The molecule has 0 aliphatic heterocycles. The van der Waals surface area contributed by atoms with Gasteiger partial charge in [0.1, 0.15) is 5.82 Å². The molecule has 0 radical (unpaired) electrons. The molecule has 2 aromatic carbocycles. The lowest BCUT2D eigenvalue weighted by atomic mass is 10.1. The summed E-state index contributed by atoms with van der Waals surface area (Å²) >= 11 is 0. The van der Waals surface area contributed by atoms with Gasteiger partial charge in [-0.1, -0.05) is 24.3 Å². The number of benzene rings is 2. The van der Waals surface area contributed by atoms with Gasteiger partial charge in [0.05, 0.1) is 0 Å². The normalized spacial score (nSPS) is 12.6. The minimum absolute atomic E-state index is 0.0302. The third-order valence-corrected chi connectivity index (χ3v) is 3.28. The van der Waals surface area contributed by atoms with Crippen molar-refractivity contribution in [2.45, 2.75) is 5.51 Å². The first kappa shape index (κ1) is 13.6. The van der Waals surface area contributed by atoms with Gasteiger partial charge in [-0.2, -0.15) is 21.6 Å². The standard InChI is InChI=1S/C11H6F4O3S/c12-9-5-1-4-8-7(9)3-2-6-10(8)18-19(16,17)11(13,14)15/h1-6H. The van der Waals surface area contributed by atoms with Gasteiger partial charge in [-0.25, -0.2) is 4.39 Å². The van der Waals surface area contributed by atoms with Crippen molar-refractivity contribution in [3.05, 3.63) is 42.2 Å². The van der Waals surface area contributed by atoms with Gasteiger partial charge in [0.15, 0.2) is 5.75 Å². The molecule has 8 heteroatoms. The Morgan fingerprint density at radius 2 is 1.53 bits per heavy atom. The topological polar surface area (TPSA) is 43.4 Å². The number of rotatable bonds is 2. The van der Waals surface area contributed by atoms with Gasteiger partial charge in [-0.15, -0.1) is 0 Å². The monoisotopic (exact) mass is 294 g/mol. The van der Waals surface area contributed by atoms with Crippen molar-refractivity contribution in [1.29, 1.82) is 0 Å². The molecule has 0 spiro atoms. The quantitative estimate of drug-likeness (QED) is 0.485. The van der Waals surface area contributed by atoms with E-state index in [0.29, 0.717) is 0 Å². The molecular formula is C11H6F4O3S. The lowest BCUT2D eigenvalue weighted by molar-refractivity contribution is -0.0499. The van der Waals surface area contributed by atoms with Crippen molar-refractivity contribution in [2.75, 3.05) is 0 Å². The van der Waals surface area contributed by atoms with Crippen LogP contribution in [0.1, 0.15) is 0 Å². The zero-order chi connectivity index (χ0) is 14.3. The molecule has 3 nitrogen and oxygen atoms in total. The summed E-state index contributed by atoms with van der Waals surface area (Å²) in [7, 11) is -5.78. The van der Waals surface area contributed by atoms with Crippen LogP contribution in [0.2, 0.25) is 0 Å². The molecule has 0 aliphatic carbocycles. The Hall–Kier alpha value is -1.83. The van der Waals surface area contributed by atoms with Crippen LogP contribution in [-0.4, -0.2) is 13.9 Å². The second-order valence-electron chi connectivity index (χ2n) is 3.57. The second-order valence-corrected chi connectivity index (χ2v) is 5.11. The molecule has 0 fully saturated rings. The number of hydrogen-bond acceptors (Lipinski definition) is 3. The lowest BCUT2D eigenvalue weighted by Crippen LogP contribution is -2.28. The van der Waals surface area contributed by atoms with Crippen LogP contribution in [0, 0.1) is 5.82 Å². The largest absolute Gasteiger partial charge is 0.534 e. The molecule has 0 heterocycles. The van der Waals surface area contributed by atoms with E-state index in [-0.39, 0.29) is 10.8 Å². The summed E-state index contributed by atoms with van der Waals surface area (Å²) in [5.41, 5.74) is -5.54. The van der Waals surface area contributed by atoms with Crippen molar-refractivity contribution < 1.29 is 30.2 Å². The smallest absolute Gasteiger partial charge is 0.375 e. The molecule has 19 heavy (non-hydrogen) atoms. The average Bonchev–Trinajstić information content (AvgIpc) is 2.28. The average molecular weight is 294 g/mol. The molecule has 0 N–H and O–H groups in total. The van der Waals surface area contributed by atoms with E-state index in [1.165, 1.54) is 24.3 Å². The van der Waals surface area contributed by atoms with Crippen molar-refractivity contribution >= 4 is 20.9 Å². The summed E-state index contributed by atoms with van der Waals surface area (Å²) in [6.07, 6.45) is 0. The van der Waals surface area contributed by atoms with Crippen LogP contribution >= 0.6 is 0 Å². The summed E-state index contributed by atoms with van der Waals surface area (Å²) < 4.78 is 75.9. The Bertz CT molecular complexity index is 722. The summed E-state index contributed by atoms with van der Waals surface area (Å²) in [4.78, 5) is 0. The number of halogens is 4. The highest BCUT2D eigenvalue weighted by Gasteiger charge is 2.48. The fourth-order valence-corrected chi connectivity index (χ4v) is 1.96. The van der Waals surface area contributed by atoms with Gasteiger partial charge in [-0.3, -0.25) is 0 Å². The maximum absolute atomic E-state index is 13.4. The zero-order valence-electron chi connectivity index (χ0n) is 9.11. The van der Waals surface area contributed by atoms with Crippen molar-refractivity contribution in [3.63, 3.8) is 0 Å². The highest BCUT2D eigenvalue weighted by atomic mass is 32.2. The predicted octanol–water partition coefficient (Wildman–Crippen LogP) is 3.21. The van der Waals surface area contributed by atoms with E-state index in [0.717, 1.165) is 12.1 Å². The maximum Gasteiger partial charge on any atom is 0.534 e. The summed E-state index contributed by atoms with van der Waals surface area (Å²) in [5, 5.41) is -0.0901.